The lowest BCUT2D eigenvalue weighted by molar-refractivity contribution is 0.218. The van der Waals surface area contributed by atoms with Crippen LogP contribution in [0.15, 0.2) is 18.2 Å². The van der Waals surface area contributed by atoms with Gasteiger partial charge in [-0.25, -0.2) is 0 Å². The summed E-state index contributed by atoms with van der Waals surface area (Å²) in [6.45, 7) is 2.21. The van der Waals surface area contributed by atoms with Gasteiger partial charge in [-0.3, -0.25) is 0 Å². The monoisotopic (exact) mass is 239 g/mol. The van der Waals surface area contributed by atoms with Gasteiger partial charge in [0.25, 0.3) is 0 Å². The van der Waals surface area contributed by atoms with Crippen molar-refractivity contribution in [3.8, 4) is 0 Å². The fourth-order valence-corrected chi connectivity index (χ4v) is 3.10. The topological polar surface area (TPSA) is 46.2 Å². The van der Waals surface area contributed by atoms with Crippen molar-refractivity contribution in [2.45, 2.75) is 37.6 Å². The van der Waals surface area contributed by atoms with Crippen LogP contribution < -0.4 is 5.73 Å². The molecule has 2 nitrogen and oxygen atoms in total. The molecule has 1 aromatic carbocycles. The number of benzene rings is 1. The van der Waals surface area contributed by atoms with Gasteiger partial charge < -0.3 is 10.8 Å². The van der Waals surface area contributed by atoms with E-state index in [9.17, 15) is 5.11 Å². The number of nitrogens with two attached hydrogens (primary N) is 1. The molecule has 16 heavy (non-hydrogen) atoms. The number of rotatable bonds is 3. The molecular formula is C13H18ClNO. The Morgan fingerprint density at radius 3 is 2.94 bits per heavy atom. The molecule has 0 saturated carbocycles. The van der Waals surface area contributed by atoms with E-state index in [-0.39, 0.29) is 18.1 Å². The summed E-state index contributed by atoms with van der Waals surface area (Å²) in [6, 6.07) is 6.07. The second-order valence-electron chi connectivity index (χ2n) is 4.72. The largest absolute Gasteiger partial charge is 0.396 e. The molecular weight excluding hydrogens is 222 g/mol. The van der Waals surface area contributed by atoms with Gasteiger partial charge in [-0.15, -0.1) is 0 Å². The number of aryl methyl sites for hydroxylation is 1. The Bertz CT molecular complexity index is 392. The zero-order valence-electron chi connectivity index (χ0n) is 9.54. The zero-order valence-corrected chi connectivity index (χ0v) is 10.3. The predicted octanol–water partition coefficient (Wildman–Crippen LogP) is 2.25. The van der Waals surface area contributed by atoms with Gasteiger partial charge in [0.1, 0.15) is 0 Å². The van der Waals surface area contributed by atoms with Crippen molar-refractivity contribution in [3.05, 3.63) is 34.3 Å². The number of fused-ring (bicyclic) bond motifs is 1. The maximum absolute atomic E-state index is 9.24. The molecule has 0 fully saturated rings. The van der Waals surface area contributed by atoms with Crippen LogP contribution in [0.3, 0.4) is 0 Å². The normalized spacial score (nSPS) is 25.5. The van der Waals surface area contributed by atoms with E-state index in [1.165, 1.54) is 11.1 Å². The summed E-state index contributed by atoms with van der Waals surface area (Å²) in [6.07, 6.45) is 2.76. The molecule has 1 aliphatic rings. The summed E-state index contributed by atoms with van der Waals surface area (Å²) in [7, 11) is 0. The first-order valence-electron chi connectivity index (χ1n) is 5.75. The van der Waals surface area contributed by atoms with Gasteiger partial charge in [0.2, 0.25) is 0 Å². The minimum Gasteiger partial charge on any atom is -0.396 e. The van der Waals surface area contributed by atoms with Crippen LogP contribution >= 0.6 is 11.6 Å². The second kappa shape index (κ2) is 4.36. The van der Waals surface area contributed by atoms with Crippen molar-refractivity contribution in [2.75, 3.05) is 6.61 Å². The molecule has 2 rings (SSSR count). The highest BCUT2D eigenvalue weighted by Crippen LogP contribution is 2.44. The Morgan fingerprint density at radius 2 is 2.31 bits per heavy atom. The smallest absolute Gasteiger partial charge is 0.0440 e. The molecule has 1 aromatic rings. The summed E-state index contributed by atoms with van der Waals surface area (Å²) in [5.41, 5.74) is 8.64. The van der Waals surface area contributed by atoms with Gasteiger partial charge in [0, 0.05) is 23.1 Å². The molecule has 88 valence electrons. The number of aliphatic hydroxyl groups excluding tert-OH is 1. The van der Waals surface area contributed by atoms with E-state index in [0.717, 1.165) is 24.3 Å². The quantitative estimate of drug-likeness (QED) is 0.850. The summed E-state index contributed by atoms with van der Waals surface area (Å²) in [5.74, 6) is 0. The molecule has 0 aliphatic heterocycles. The van der Waals surface area contributed by atoms with Crippen LogP contribution in [0.1, 0.15) is 30.9 Å². The molecule has 3 heteroatoms. The Morgan fingerprint density at radius 1 is 1.56 bits per heavy atom. The third kappa shape index (κ3) is 1.75. The zero-order chi connectivity index (χ0) is 11.8. The van der Waals surface area contributed by atoms with Crippen LogP contribution in [0.25, 0.3) is 0 Å². The molecule has 2 unspecified atom stereocenters. The Labute approximate surface area is 101 Å². The first-order valence-corrected chi connectivity index (χ1v) is 6.13. The van der Waals surface area contributed by atoms with Crippen LogP contribution in [0.4, 0.5) is 0 Å². The Hall–Kier alpha value is -0.570. The maximum atomic E-state index is 9.24. The molecule has 0 amide bonds. The van der Waals surface area contributed by atoms with Crippen molar-refractivity contribution in [2.24, 2.45) is 5.73 Å². The van der Waals surface area contributed by atoms with Gasteiger partial charge in [-0.2, -0.15) is 0 Å². The van der Waals surface area contributed by atoms with Gasteiger partial charge in [0.15, 0.2) is 0 Å². The summed E-state index contributed by atoms with van der Waals surface area (Å²) < 4.78 is 0. The number of hydrogen-bond donors (Lipinski definition) is 2. The van der Waals surface area contributed by atoms with Crippen LogP contribution in [0.5, 0.6) is 0 Å². The van der Waals surface area contributed by atoms with Crippen LogP contribution in [-0.2, 0) is 11.8 Å². The van der Waals surface area contributed by atoms with Crippen LogP contribution in [0, 0.1) is 0 Å². The van der Waals surface area contributed by atoms with Crippen molar-refractivity contribution in [3.63, 3.8) is 0 Å². The van der Waals surface area contributed by atoms with E-state index in [1.54, 1.807) is 0 Å². The number of halogens is 1. The molecule has 0 heterocycles. The second-order valence-corrected chi connectivity index (χ2v) is 5.16. The average Bonchev–Trinajstić information content (AvgIpc) is 2.58. The maximum Gasteiger partial charge on any atom is 0.0440 e. The minimum absolute atomic E-state index is 0.0575. The van der Waals surface area contributed by atoms with Gasteiger partial charge >= 0.3 is 0 Å². The first-order chi connectivity index (χ1) is 7.60. The van der Waals surface area contributed by atoms with E-state index in [2.05, 4.69) is 6.07 Å². The predicted molar refractivity (Wildman–Crippen MR) is 66.8 cm³/mol. The summed E-state index contributed by atoms with van der Waals surface area (Å²) >= 11 is 5.99. The molecule has 3 N–H and O–H groups in total. The summed E-state index contributed by atoms with van der Waals surface area (Å²) in [4.78, 5) is 0. The third-order valence-corrected chi connectivity index (χ3v) is 4.11. The van der Waals surface area contributed by atoms with Crippen molar-refractivity contribution < 1.29 is 5.11 Å². The minimum atomic E-state index is -0.0608. The van der Waals surface area contributed by atoms with E-state index >= 15 is 0 Å². The Balaban J connectivity index is 2.46. The standard InChI is InChI=1S/C13H18ClNO/c1-9(15)13(6-7-16)5-4-10-8-11(14)2-3-12(10)13/h2-3,8-9,16H,4-7,15H2,1H3. The number of aliphatic hydroxyl groups is 1. The van der Waals surface area contributed by atoms with Gasteiger partial charge in [-0.05, 0) is 49.4 Å². The molecule has 0 aromatic heterocycles. The Kier molecular flexibility index (Phi) is 3.24. The van der Waals surface area contributed by atoms with Crippen molar-refractivity contribution >= 4 is 11.6 Å². The first kappa shape index (κ1) is 11.9. The lowest BCUT2D eigenvalue weighted by Gasteiger charge is -2.34. The fraction of sp³-hybridized carbons (Fsp3) is 0.538. The SMILES string of the molecule is CC(N)C1(CCO)CCc2cc(Cl)ccc21. The summed E-state index contributed by atoms with van der Waals surface area (Å²) in [5, 5.41) is 10.0. The van der Waals surface area contributed by atoms with Crippen LogP contribution in [-0.4, -0.2) is 17.8 Å². The highest BCUT2D eigenvalue weighted by Gasteiger charge is 2.41. The van der Waals surface area contributed by atoms with Gasteiger partial charge in [-0.1, -0.05) is 17.7 Å². The highest BCUT2D eigenvalue weighted by molar-refractivity contribution is 6.30. The molecule has 0 spiro atoms. The highest BCUT2D eigenvalue weighted by atomic mass is 35.5. The fourth-order valence-electron chi connectivity index (χ4n) is 2.91. The molecule has 1 aliphatic carbocycles. The lowest BCUT2D eigenvalue weighted by atomic mass is 9.74. The van der Waals surface area contributed by atoms with E-state index in [1.807, 2.05) is 19.1 Å². The van der Waals surface area contributed by atoms with E-state index < -0.39 is 0 Å². The van der Waals surface area contributed by atoms with E-state index in [4.69, 9.17) is 17.3 Å². The number of hydrogen-bond acceptors (Lipinski definition) is 2. The van der Waals surface area contributed by atoms with E-state index in [0.29, 0.717) is 0 Å². The third-order valence-electron chi connectivity index (χ3n) is 3.87. The van der Waals surface area contributed by atoms with Crippen molar-refractivity contribution in [1.82, 2.24) is 0 Å². The average molecular weight is 240 g/mol. The molecule has 0 saturated heterocycles. The lowest BCUT2D eigenvalue weighted by Crippen LogP contribution is -2.42. The van der Waals surface area contributed by atoms with Gasteiger partial charge in [0.05, 0.1) is 0 Å². The molecule has 0 bridgehead atoms. The molecule has 2 atom stereocenters. The van der Waals surface area contributed by atoms with Crippen LogP contribution in [0.2, 0.25) is 5.02 Å². The molecule has 0 radical (unpaired) electrons. The van der Waals surface area contributed by atoms with Crippen molar-refractivity contribution in [1.29, 1.82) is 0 Å².